The number of methoxy groups -OCH3 is 1. The van der Waals surface area contributed by atoms with E-state index in [1.54, 1.807) is 23.0 Å². The van der Waals surface area contributed by atoms with Crippen LogP contribution < -0.4 is 5.32 Å². The summed E-state index contributed by atoms with van der Waals surface area (Å²) < 4.78 is 6.90. The largest absolute Gasteiger partial charge is 0.385 e. The van der Waals surface area contributed by atoms with E-state index in [0.29, 0.717) is 5.78 Å². The fraction of sp³-hybridized carbons (Fsp3) is 0.625. The third-order valence-corrected chi connectivity index (χ3v) is 5.76. The first-order chi connectivity index (χ1) is 12.3. The van der Waals surface area contributed by atoms with E-state index in [4.69, 9.17) is 4.74 Å². The summed E-state index contributed by atoms with van der Waals surface area (Å²) in [6, 6.07) is 0. The fourth-order valence-electron chi connectivity index (χ4n) is 3.43. The summed E-state index contributed by atoms with van der Waals surface area (Å²) in [4.78, 5) is 9.69. The van der Waals surface area contributed by atoms with Crippen LogP contribution in [-0.4, -0.2) is 63.3 Å². The second kappa shape index (κ2) is 7.19. The van der Waals surface area contributed by atoms with Crippen LogP contribution in [0.5, 0.6) is 0 Å². The first-order valence-electron chi connectivity index (χ1n) is 8.79. The van der Waals surface area contributed by atoms with Crippen LogP contribution >= 0.6 is 11.3 Å². The standard InChI is InChI=1S/C16H23N7OS/c1-3-7-22-8-5-11-12(10-22)25-15-13(11)14(17-6-4-9-24-2)18-16-19-20-21-23(15)16/h3-10H2,1-2H3,(H,17,18,19,21). The fourth-order valence-corrected chi connectivity index (χ4v) is 4.77. The second-order valence-corrected chi connectivity index (χ2v) is 7.42. The minimum atomic E-state index is 0.547. The molecule has 9 heteroatoms. The maximum Gasteiger partial charge on any atom is 0.276 e. The van der Waals surface area contributed by atoms with Crippen LogP contribution in [-0.2, 0) is 17.7 Å². The van der Waals surface area contributed by atoms with Crippen LogP contribution in [0.3, 0.4) is 0 Å². The average molecular weight is 361 g/mol. The molecule has 8 nitrogen and oxygen atoms in total. The summed E-state index contributed by atoms with van der Waals surface area (Å²) in [5.74, 6) is 1.44. The number of anilines is 1. The van der Waals surface area contributed by atoms with Gasteiger partial charge in [-0.1, -0.05) is 12.0 Å². The smallest absolute Gasteiger partial charge is 0.276 e. The van der Waals surface area contributed by atoms with Gasteiger partial charge in [0.05, 0.1) is 5.39 Å². The SMILES string of the molecule is CCCN1CCc2c(sc3c2c(NCCCOC)nc2nnnn23)C1. The summed E-state index contributed by atoms with van der Waals surface area (Å²) >= 11 is 1.80. The summed E-state index contributed by atoms with van der Waals surface area (Å²) in [5.41, 5.74) is 1.41. The molecule has 4 heterocycles. The molecule has 0 bridgehead atoms. The van der Waals surface area contributed by atoms with Gasteiger partial charge >= 0.3 is 0 Å². The number of fused-ring (bicyclic) bond motifs is 5. The number of hydrogen-bond donors (Lipinski definition) is 1. The van der Waals surface area contributed by atoms with Crippen LogP contribution in [0.2, 0.25) is 0 Å². The summed E-state index contributed by atoms with van der Waals surface area (Å²) in [7, 11) is 1.72. The van der Waals surface area contributed by atoms with Crippen LogP contribution in [0, 0.1) is 0 Å². The van der Waals surface area contributed by atoms with Gasteiger partial charge in [-0.3, -0.25) is 4.90 Å². The number of tetrazole rings is 1. The minimum Gasteiger partial charge on any atom is -0.385 e. The van der Waals surface area contributed by atoms with Gasteiger partial charge in [0.2, 0.25) is 0 Å². The molecule has 0 aliphatic carbocycles. The van der Waals surface area contributed by atoms with Crippen molar-refractivity contribution in [1.29, 1.82) is 0 Å². The molecule has 0 unspecified atom stereocenters. The van der Waals surface area contributed by atoms with Gasteiger partial charge < -0.3 is 10.1 Å². The van der Waals surface area contributed by atoms with Gasteiger partial charge in [-0.2, -0.15) is 9.50 Å². The van der Waals surface area contributed by atoms with E-state index < -0.39 is 0 Å². The molecule has 3 aromatic heterocycles. The van der Waals surface area contributed by atoms with Crippen LogP contribution in [0.1, 0.15) is 30.2 Å². The number of aromatic nitrogens is 5. The summed E-state index contributed by atoms with van der Waals surface area (Å²) in [6.45, 7) is 7.04. The molecule has 1 N–H and O–H groups in total. The number of thiophene rings is 1. The Kier molecular flexibility index (Phi) is 4.78. The molecule has 25 heavy (non-hydrogen) atoms. The van der Waals surface area contributed by atoms with Crippen LogP contribution in [0.4, 0.5) is 5.82 Å². The van der Waals surface area contributed by atoms with Gasteiger partial charge in [0.15, 0.2) is 0 Å². The Morgan fingerprint density at radius 3 is 3.12 bits per heavy atom. The van der Waals surface area contributed by atoms with Gasteiger partial charge in [0.25, 0.3) is 5.78 Å². The highest BCUT2D eigenvalue weighted by Gasteiger charge is 2.25. The Balaban J connectivity index is 1.75. The molecule has 0 spiro atoms. The van der Waals surface area contributed by atoms with Crippen molar-refractivity contribution in [2.45, 2.75) is 32.7 Å². The first kappa shape index (κ1) is 16.6. The highest BCUT2D eigenvalue weighted by molar-refractivity contribution is 7.19. The minimum absolute atomic E-state index is 0.547. The highest BCUT2D eigenvalue weighted by Crippen LogP contribution is 2.38. The molecule has 134 valence electrons. The molecule has 0 amide bonds. The monoisotopic (exact) mass is 361 g/mol. The molecule has 0 saturated carbocycles. The summed E-state index contributed by atoms with van der Waals surface area (Å²) in [5, 5.41) is 16.6. The van der Waals surface area contributed by atoms with E-state index in [0.717, 1.165) is 56.3 Å². The lowest BCUT2D eigenvalue weighted by Gasteiger charge is -2.26. The van der Waals surface area contributed by atoms with E-state index in [2.05, 4.69) is 37.6 Å². The van der Waals surface area contributed by atoms with Crippen molar-refractivity contribution in [3.63, 3.8) is 0 Å². The Hall–Kier alpha value is -1.84. The van der Waals surface area contributed by atoms with Crippen LogP contribution in [0.15, 0.2) is 0 Å². The Morgan fingerprint density at radius 1 is 1.36 bits per heavy atom. The third kappa shape index (κ3) is 3.07. The molecule has 1 aliphatic rings. The number of rotatable bonds is 7. The zero-order valence-corrected chi connectivity index (χ0v) is 15.5. The molecule has 0 atom stereocenters. The predicted molar refractivity (Wildman–Crippen MR) is 98.2 cm³/mol. The van der Waals surface area contributed by atoms with Gasteiger partial charge in [-0.25, -0.2) is 0 Å². The molecule has 0 saturated heterocycles. The second-order valence-electron chi connectivity index (χ2n) is 6.33. The Bertz CT molecular complexity index is 874. The summed E-state index contributed by atoms with van der Waals surface area (Å²) in [6.07, 6.45) is 3.18. The van der Waals surface area contributed by atoms with Crippen molar-refractivity contribution in [2.75, 3.05) is 38.7 Å². The molecule has 4 rings (SSSR count). The van der Waals surface area contributed by atoms with Crippen molar-refractivity contribution in [2.24, 2.45) is 0 Å². The van der Waals surface area contributed by atoms with Gasteiger partial charge in [-0.15, -0.1) is 11.3 Å². The molecule has 3 aromatic rings. The highest BCUT2D eigenvalue weighted by atomic mass is 32.1. The molecule has 0 fully saturated rings. The van der Waals surface area contributed by atoms with Gasteiger partial charge in [0, 0.05) is 38.2 Å². The lowest BCUT2D eigenvalue weighted by molar-refractivity contribution is 0.198. The van der Waals surface area contributed by atoms with Crippen molar-refractivity contribution >= 4 is 33.1 Å². The molecular formula is C16H23N7OS. The number of hydrogen-bond acceptors (Lipinski definition) is 8. The zero-order chi connectivity index (χ0) is 17.2. The number of ether oxygens (including phenoxy) is 1. The van der Waals surface area contributed by atoms with E-state index in [9.17, 15) is 0 Å². The predicted octanol–water partition coefficient (Wildman–Crippen LogP) is 1.95. The topological polar surface area (TPSA) is 80.5 Å². The van der Waals surface area contributed by atoms with Crippen molar-refractivity contribution in [3.05, 3.63) is 10.4 Å². The molecule has 1 aliphatic heterocycles. The third-order valence-electron chi connectivity index (χ3n) is 4.57. The first-order valence-corrected chi connectivity index (χ1v) is 9.61. The lowest BCUT2D eigenvalue weighted by Crippen LogP contribution is -2.30. The Labute approximate surface area is 150 Å². The van der Waals surface area contributed by atoms with Gasteiger partial charge in [-0.05, 0) is 41.8 Å². The van der Waals surface area contributed by atoms with Crippen molar-refractivity contribution < 1.29 is 4.74 Å². The van der Waals surface area contributed by atoms with Crippen LogP contribution in [0.25, 0.3) is 16.0 Å². The quantitative estimate of drug-likeness (QED) is 0.644. The molecule has 0 radical (unpaired) electrons. The Morgan fingerprint density at radius 2 is 2.28 bits per heavy atom. The zero-order valence-electron chi connectivity index (χ0n) is 14.7. The van der Waals surface area contributed by atoms with Crippen molar-refractivity contribution in [3.8, 4) is 0 Å². The molecule has 0 aromatic carbocycles. The van der Waals surface area contributed by atoms with Crippen molar-refractivity contribution in [1.82, 2.24) is 29.9 Å². The van der Waals surface area contributed by atoms with Gasteiger partial charge in [0.1, 0.15) is 10.6 Å². The maximum atomic E-state index is 5.14. The van der Waals surface area contributed by atoms with E-state index in [1.807, 2.05) is 0 Å². The number of nitrogens with zero attached hydrogens (tertiary/aromatic N) is 6. The molecular weight excluding hydrogens is 338 g/mol. The lowest BCUT2D eigenvalue weighted by atomic mass is 10.0. The average Bonchev–Trinajstić information content (AvgIpc) is 3.22. The van der Waals surface area contributed by atoms with E-state index in [-0.39, 0.29) is 0 Å². The number of nitrogens with one attached hydrogen (secondary N) is 1. The normalized spacial score (nSPS) is 15.1. The van der Waals surface area contributed by atoms with E-state index in [1.165, 1.54) is 22.2 Å². The maximum absolute atomic E-state index is 5.14. The van der Waals surface area contributed by atoms with E-state index >= 15 is 0 Å².